The number of amides is 2. The first kappa shape index (κ1) is 23.2. The quantitative estimate of drug-likeness (QED) is 0.459. The number of carbonyl (C=O) groups excluding carboxylic acids is 2. The molecule has 2 atom stereocenters. The summed E-state index contributed by atoms with van der Waals surface area (Å²) in [6.45, 7) is 0.616. The van der Waals surface area contributed by atoms with E-state index in [1.165, 1.54) is 0 Å². The lowest BCUT2D eigenvalue weighted by Crippen LogP contribution is -2.55. The van der Waals surface area contributed by atoms with Gasteiger partial charge in [-0.05, 0) is 55.0 Å². The number of hydrogen-bond donors (Lipinski definition) is 3. The third-order valence-electron chi connectivity index (χ3n) is 5.63. The summed E-state index contributed by atoms with van der Waals surface area (Å²) in [6.07, 6.45) is 6.63. The molecule has 3 rings (SSSR count). The van der Waals surface area contributed by atoms with Gasteiger partial charge in [0.05, 0.1) is 12.1 Å². The van der Waals surface area contributed by atoms with E-state index in [1.54, 1.807) is 30.3 Å². The van der Waals surface area contributed by atoms with E-state index >= 15 is 0 Å². The van der Waals surface area contributed by atoms with E-state index in [1.807, 2.05) is 48.5 Å². The second kappa shape index (κ2) is 11.2. The minimum absolute atomic E-state index is 0.129. The van der Waals surface area contributed by atoms with Crippen LogP contribution in [0.1, 0.15) is 40.7 Å². The van der Waals surface area contributed by atoms with E-state index < -0.39 is 6.04 Å². The predicted molar refractivity (Wildman–Crippen MR) is 128 cm³/mol. The third-order valence-corrected chi connectivity index (χ3v) is 5.63. The monoisotopic (exact) mass is 433 g/mol. The molecule has 0 spiro atoms. The SMILES string of the molecule is CNC(=O)c1ccc(C[C@H](N)C(=O)N2CCCC[C@H]2C(N)=N/C=C/c2ccccc2)cc1. The predicted octanol–water partition coefficient (Wildman–Crippen LogP) is 2.33. The van der Waals surface area contributed by atoms with Gasteiger partial charge >= 0.3 is 0 Å². The Morgan fingerprint density at radius 1 is 1.16 bits per heavy atom. The standard InChI is InChI=1S/C25H31N5O2/c1-28-24(31)20-12-10-19(11-13-20)17-21(26)25(32)30-16-6-5-9-22(30)23(27)29-15-14-18-7-3-2-4-8-18/h2-4,7-8,10-15,21-22H,5-6,9,16-17,26H2,1H3,(H2,27,29)(H,28,31)/b15-14+/t21-,22-/m0/s1. The normalized spacial score (nSPS) is 17.9. The zero-order valence-electron chi connectivity index (χ0n) is 18.4. The molecule has 0 bridgehead atoms. The summed E-state index contributed by atoms with van der Waals surface area (Å²) < 4.78 is 0. The number of aliphatic imine (C=N–C) groups is 1. The summed E-state index contributed by atoms with van der Waals surface area (Å²) in [5, 5.41) is 2.59. The topological polar surface area (TPSA) is 114 Å². The average Bonchev–Trinajstić information content (AvgIpc) is 2.84. The number of carbonyl (C=O) groups is 2. The first-order chi connectivity index (χ1) is 15.5. The van der Waals surface area contributed by atoms with E-state index in [0.29, 0.717) is 24.4 Å². The van der Waals surface area contributed by atoms with Crippen LogP contribution in [-0.2, 0) is 11.2 Å². The largest absolute Gasteiger partial charge is 0.385 e. The molecule has 168 valence electrons. The summed E-state index contributed by atoms with van der Waals surface area (Å²) in [5.41, 5.74) is 15.1. The van der Waals surface area contributed by atoms with Gasteiger partial charge in [-0.15, -0.1) is 0 Å². The van der Waals surface area contributed by atoms with Crippen LogP contribution in [0.3, 0.4) is 0 Å². The van der Waals surface area contributed by atoms with Gasteiger partial charge in [-0.2, -0.15) is 0 Å². The van der Waals surface area contributed by atoms with Crippen molar-refractivity contribution in [3.05, 3.63) is 77.5 Å². The third kappa shape index (κ3) is 6.04. The van der Waals surface area contributed by atoms with E-state index in [9.17, 15) is 9.59 Å². The molecule has 1 saturated heterocycles. The fraction of sp³-hybridized carbons (Fsp3) is 0.320. The molecule has 2 aromatic carbocycles. The van der Waals surface area contributed by atoms with Crippen molar-refractivity contribution < 1.29 is 9.59 Å². The van der Waals surface area contributed by atoms with Crippen molar-refractivity contribution in [3.63, 3.8) is 0 Å². The summed E-state index contributed by atoms with van der Waals surface area (Å²) in [4.78, 5) is 31.0. The fourth-order valence-corrected chi connectivity index (χ4v) is 3.85. The van der Waals surface area contributed by atoms with Crippen LogP contribution >= 0.6 is 0 Å². The van der Waals surface area contributed by atoms with Crippen LogP contribution in [-0.4, -0.2) is 48.2 Å². The van der Waals surface area contributed by atoms with Gasteiger partial charge in [0.15, 0.2) is 0 Å². The number of likely N-dealkylation sites (tertiary alicyclic amines) is 1. The van der Waals surface area contributed by atoms with Gasteiger partial charge in [-0.3, -0.25) is 9.59 Å². The molecule has 7 nitrogen and oxygen atoms in total. The van der Waals surface area contributed by atoms with Crippen LogP contribution in [0.4, 0.5) is 0 Å². The number of piperidine rings is 1. The number of hydrogen-bond acceptors (Lipinski definition) is 4. The van der Waals surface area contributed by atoms with Gasteiger partial charge in [0.1, 0.15) is 5.84 Å². The van der Waals surface area contributed by atoms with E-state index in [2.05, 4.69) is 10.3 Å². The van der Waals surface area contributed by atoms with Crippen molar-refractivity contribution in [2.24, 2.45) is 16.5 Å². The number of nitrogens with two attached hydrogens (primary N) is 2. The molecule has 1 fully saturated rings. The molecule has 0 radical (unpaired) electrons. The number of benzene rings is 2. The Morgan fingerprint density at radius 3 is 2.56 bits per heavy atom. The van der Waals surface area contributed by atoms with Crippen LogP contribution in [0.2, 0.25) is 0 Å². The molecule has 0 saturated carbocycles. The van der Waals surface area contributed by atoms with Gasteiger partial charge in [-0.25, -0.2) is 4.99 Å². The van der Waals surface area contributed by atoms with Crippen LogP contribution < -0.4 is 16.8 Å². The minimum atomic E-state index is -0.686. The van der Waals surface area contributed by atoms with Gasteiger partial charge in [-0.1, -0.05) is 42.5 Å². The molecule has 1 aliphatic rings. The summed E-state index contributed by atoms with van der Waals surface area (Å²) in [6, 6.07) is 16.0. The molecule has 0 unspecified atom stereocenters. The van der Waals surface area contributed by atoms with Crippen molar-refractivity contribution in [1.82, 2.24) is 10.2 Å². The lowest BCUT2D eigenvalue weighted by Gasteiger charge is -2.36. The Bertz CT molecular complexity index is 970. The first-order valence-electron chi connectivity index (χ1n) is 10.9. The van der Waals surface area contributed by atoms with Gasteiger partial charge in [0, 0.05) is 25.4 Å². The lowest BCUT2D eigenvalue weighted by molar-refractivity contribution is -0.134. The molecule has 5 N–H and O–H groups in total. The van der Waals surface area contributed by atoms with Gasteiger partial charge in [0.2, 0.25) is 5.91 Å². The van der Waals surface area contributed by atoms with Gasteiger partial charge < -0.3 is 21.7 Å². The first-order valence-corrected chi connectivity index (χ1v) is 10.9. The number of amidine groups is 1. The molecule has 2 aromatic rings. The molecule has 2 amide bonds. The van der Waals surface area contributed by atoms with Crippen molar-refractivity contribution in [3.8, 4) is 0 Å². The Morgan fingerprint density at radius 2 is 1.88 bits per heavy atom. The molecule has 1 aliphatic heterocycles. The highest BCUT2D eigenvalue weighted by Crippen LogP contribution is 2.19. The number of nitrogens with one attached hydrogen (secondary N) is 1. The molecule has 0 aromatic heterocycles. The molecular formula is C25H31N5O2. The summed E-state index contributed by atoms with van der Waals surface area (Å²) in [5.74, 6) is 0.145. The highest BCUT2D eigenvalue weighted by Gasteiger charge is 2.32. The zero-order chi connectivity index (χ0) is 22.9. The Labute approximate surface area is 189 Å². The Hall–Kier alpha value is -3.45. The maximum atomic E-state index is 13.1. The smallest absolute Gasteiger partial charge is 0.251 e. The Kier molecular flexibility index (Phi) is 8.16. The minimum Gasteiger partial charge on any atom is -0.385 e. The van der Waals surface area contributed by atoms with Crippen LogP contribution in [0.5, 0.6) is 0 Å². The lowest BCUT2D eigenvalue weighted by atomic mass is 9.98. The second-order valence-corrected chi connectivity index (χ2v) is 7.91. The molecule has 1 heterocycles. The average molecular weight is 434 g/mol. The molecule has 32 heavy (non-hydrogen) atoms. The van der Waals surface area contributed by atoms with Crippen molar-refractivity contribution in [2.75, 3.05) is 13.6 Å². The van der Waals surface area contributed by atoms with E-state index in [-0.39, 0.29) is 17.9 Å². The highest BCUT2D eigenvalue weighted by atomic mass is 16.2. The van der Waals surface area contributed by atoms with E-state index in [4.69, 9.17) is 11.5 Å². The van der Waals surface area contributed by atoms with Crippen LogP contribution in [0.25, 0.3) is 6.08 Å². The molecule has 0 aliphatic carbocycles. The summed E-state index contributed by atoms with van der Waals surface area (Å²) in [7, 11) is 1.59. The second-order valence-electron chi connectivity index (χ2n) is 7.91. The van der Waals surface area contributed by atoms with Crippen LogP contribution in [0.15, 0.2) is 65.8 Å². The maximum Gasteiger partial charge on any atom is 0.251 e. The molecular weight excluding hydrogens is 402 g/mol. The number of nitrogens with zero attached hydrogens (tertiary/aromatic N) is 2. The van der Waals surface area contributed by atoms with Crippen molar-refractivity contribution in [1.29, 1.82) is 0 Å². The Balaban J connectivity index is 1.65. The van der Waals surface area contributed by atoms with Crippen molar-refractivity contribution >= 4 is 23.7 Å². The van der Waals surface area contributed by atoms with Crippen LogP contribution in [0, 0.1) is 0 Å². The maximum absolute atomic E-state index is 13.1. The number of rotatable bonds is 7. The van der Waals surface area contributed by atoms with Crippen molar-refractivity contribution in [2.45, 2.75) is 37.8 Å². The zero-order valence-corrected chi connectivity index (χ0v) is 18.4. The molecule has 7 heteroatoms. The van der Waals surface area contributed by atoms with Gasteiger partial charge in [0.25, 0.3) is 5.91 Å². The van der Waals surface area contributed by atoms with E-state index in [0.717, 1.165) is 30.4 Å². The highest BCUT2D eigenvalue weighted by molar-refractivity contribution is 5.94. The fourth-order valence-electron chi connectivity index (χ4n) is 3.85. The summed E-state index contributed by atoms with van der Waals surface area (Å²) >= 11 is 0.